The van der Waals surface area contributed by atoms with Crippen molar-refractivity contribution in [3.63, 3.8) is 0 Å². The molecule has 1 aliphatic rings. The number of rotatable bonds is 6. The van der Waals surface area contributed by atoms with Crippen LogP contribution in [-0.4, -0.2) is 65.3 Å². The summed E-state index contributed by atoms with van der Waals surface area (Å²) >= 11 is 0. The molecule has 2 heterocycles. The van der Waals surface area contributed by atoms with Crippen LogP contribution in [0, 0.1) is 0 Å². The number of hydrogen-bond acceptors (Lipinski definition) is 4. The predicted molar refractivity (Wildman–Crippen MR) is 136 cm³/mol. The fraction of sp³-hybridized carbons (Fsp3) is 0.500. The van der Waals surface area contributed by atoms with Crippen molar-refractivity contribution in [2.24, 2.45) is 12.0 Å². The number of amides is 1. The van der Waals surface area contributed by atoms with E-state index < -0.39 is 0 Å². The summed E-state index contributed by atoms with van der Waals surface area (Å²) in [5.74, 6) is 0.795. The van der Waals surface area contributed by atoms with Gasteiger partial charge in [-0.2, -0.15) is 5.10 Å². The molecule has 1 aromatic heterocycles. The number of nitrogens with zero attached hydrogens (tertiary/aromatic N) is 5. The lowest BCUT2D eigenvalue weighted by Crippen LogP contribution is -2.58. The third-order valence-corrected chi connectivity index (χ3v) is 5.33. The van der Waals surface area contributed by atoms with E-state index in [4.69, 9.17) is 0 Å². The van der Waals surface area contributed by atoms with Gasteiger partial charge in [0, 0.05) is 51.5 Å². The van der Waals surface area contributed by atoms with E-state index in [-0.39, 0.29) is 41.5 Å². The molecule has 9 heteroatoms. The average molecular weight is 539 g/mol. The summed E-state index contributed by atoms with van der Waals surface area (Å²) in [6, 6.07) is 10.6. The average Bonchev–Trinajstić information content (AvgIpc) is 3.15. The number of aliphatic imine (C=N–C) groups is 1. The fourth-order valence-corrected chi connectivity index (χ4v) is 3.77. The molecular weight excluding hydrogens is 505 g/mol. The first kappa shape index (κ1) is 25.1. The second-order valence-electron chi connectivity index (χ2n) is 8.40. The summed E-state index contributed by atoms with van der Waals surface area (Å²) in [6.45, 7) is 8.81. The smallest absolute Gasteiger partial charge is 0.246 e. The van der Waals surface area contributed by atoms with Gasteiger partial charge in [0.25, 0.3) is 0 Å². The van der Waals surface area contributed by atoms with E-state index in [0.717, 1.165) is 11.6 Å². The number of anilines is 1. The Bertz CT molecular complexity index is 881. The number of benzene rings is 1. The number of carbonyl (C=O) groups is 1. The minimum Gasteiger partial charge on any atom is -0.354 e. The first-order valence-electron chi connectivity index (χ1n) is 10.4. The van der Waals surface area contributed by atoms with Crippen LogP contribution in [0.5, 0.6) is 0 Å². The number of guanidine groups is 1. The highest BCUT2D eigenvalue weighted by Gasteiger charge is 2.29. The molecule has 8 nitrogen and oxygen atoms in total. The van der Waals surface area contributed by atoms with E-state index in [9.17, 15) is 4.79 Å². The van der Waals surface area contributed by atoms with Gasteiger partial charge in [-0.25, -0.2) is 0 Å². The summed E-state index contributed by atoms with van der Waals surface area (Å²) in [6.07, 6.45) is 3.59. The third-order valence-electron chi connectivity index (χ3n) is 5.33. The lowest BCUT2D eigenvalue weighted by molar-refractivity contribution is -0.120. The van der Waals surface area contributed by atoms with Gasteiger partial charge in [-0.15, -0.1) is 24.0 Å². The SMILES string of the molecule is CN=C(NCC(C)(C)NC(C)c1ccccc1)N1CCN(c2cnn(C)c2)C(=O)C1.I. The summed E-state index contributed by atoms with van der Waals surface area (Å²) in [5, 5.41) is 11.3. The van der Waals surface area contributed by atoms with Crippen LogP contribution in [0.25, 0.3) is 0 Å². The molecule has 1 saturated heterocycles. The highest BCUT2D eigenvalue weighted by atomic mass is 127. The molecule has 1 atom stereocenters. The molecule has 0 bridgehead atoms. The molecule has 1 unspecified atom stereocenters. The van der Waals surface area contributed by atoms with Crippen LogP contribution in [-0.2, 0) is 11.8 Å². The maximum absolute atomic E-state index is 12.7. The number of piperazine rings is 1. The normalized spacial score (nSPS) is 16.2. The van der Waals surface area contributed by atoms with E-state index in [1.807, 2.05) is 24.2 Å². The van der Waals surface area contributed by atoms with E-state index in [1.54, 1.807) is 22.8 Å². The number of aromatic nitrogens is 2. The molecule has 170 valence electrons. The number of carbonyl (C=O) groups excluding carboxylic acids is 1. The second-order valence-corrected chi connectivity index (χ2v) is 8.40. The van der Waals surface area contributed by atoms with E-state index in [1.165, 1.54) is 5.56 Å². The quantitative estimate of drug-likeness (QED) is 0.335. The molecule has 0 radical (unpaired) electrons. The first-order valence-corrected chi connectivity index (χ1v) is 10.4. The number of hydrogen-bond donors (Lipinski definition) is 2. The van der Waals surface area contributed by atoms with Crippen molar-refractivity contribution in [1.29, 1.82) is 0 Å². The first-order chi connectivity index (χ1) is 14.3. The Morgan fingerprint density at radius 1 is 1.26 bits per heavy atom. The van der Waals surface area contributed by atoms with Crippen molar-refractivity contribution in [2.75, 3.05) is 38.1 Å². The molecule has 0 saturated carbocycles. The Labute approximate surface area is 202 Å². The summed E-state index contributed by atoms with van der Waals surface area (Å²) in [5.41, 5.74) is 1.93. The molecule has 1 fully saturated rings. The Morgan fingerprint density at radius 3 is 2.55 bits per heavy atom. The molecule has 2 aromatic rings. The van der Waals surface area contributed by atoms with Gasteiger partial charge in [0.15, 0.2) is 5.96 Å². The van der Waals surface area contributed by atoms with Crippen molar-refractivity contribution >= 4 is 41.5 Å². The monoisotopic (exact) mass is 539 g/mol. The molecule has 31 heavy (non-hydrogen) atoms. The van der Waals surface area contributed by atoms with Crippen molar-refractivity contribution in [3.05, 3.63) is 48.3 Å². The lowest BCUT2D eigenvalue weighted by atomic mass is 10.0. The Balaban J connectivity index is 0.00000341. The van der Waals surface area contributed by atoms with Crippen LogP contribution in [0.15, 0.2) is 47.7 Å². The Morgan fingerprint density at radius 2 is 1.97 bits per heavy atom. The van der Waals surface area contributed by atoms with Crippen LogP contribution in [0.1, 0.15) is 32.4 Å². The fourth-order valence-electron chi connectivity index (χ4n) is 3.77. The second kappa shape index (κ2) is 10.9. The Kier molecular flexibility index (Phi) is 8.87. The minimum atomic E-state index is -0.160. The maximum atomic E-state index is 12.7. The lowest BCUT2D eigenvalue weighted by Gasteiger charge is -2.37. The zero-order valence-corrected chi connectivity index (χ0v) is 21.3. The van der Waals surface area contributed by atoms with Crippen LogP contribution in [0.4, 0.5) is 5.69 Å². The van der Waals surface area contributed by atoms with Crippen LogP contribution < -0.4 is 15.5 Å². The molecular formula is C22H34IN7O. The Hall–Kier alpha value is -2.14. The van der Waals surface area contributed by atoms with Crippen molar-refractivity contribution in [3.8, 4) is 0 Å². The van der Waals surface area contributed by atoms with Gasteiger partial charge in [-0.1, -0.05) is 30.3 Å². The maximum Gasteiger partial charge on any atom is 0.246 e. The van der Waals surface area contributed by atoms with Crippen LogP contribution >= 0.6 is 24.0 Å². The molecule has 0 spiro atoms. The van der Waals surface area contributed by atoms with Gasteiger partial charge in [0.05, 0.1) is 11.9 Å². The largest absolute Gasteiger partial charge is 0.354 e. The van der Waals surface area contributed by atoms with Crippen LogP contribution in [0.2, 0.25) is 0 Å². The molecule has 3 rings (SSSR count). The van der Waals surface area contributed by atoms with E-state index in [0.29, 0.717) is 26.2 Å². The topological polar surface area (TPSA) is 77.8 Å². The summed E-state index contributed by atoms with van der Waals surface area (Å²) in [4.78, 5) is 20.9. The van der Waals surface area contributed by atoms with Gasteiger partial charge in [-0.05, 0) is 26.3 Å². The van der Waals surface area contributed by atoms with Gasteiger partial charge >= 0.3 is 0 Å². The minimum absolute atomic E-state index is 0. The van der Waals surface area contributed by atoms with Gasteiger partial charge < -0.3 is 20.4 Å². The molecule has 0 aliphatic carbocycles. The molecule has 2 N–H and O–H groups in total. The summed E-state index contributed by atoms with van der Waals surface area (Å²) < 4.78 is 1.71. The van der Waals surface area contributed by atoms with Crippen molar-refractivity contribution < 1.29 is 4.79 Å². The van der Waals surface area contributed by atoms with Crippen molar-refractivity contribution in [1.82, 2.24) is 25.3 Å². The predicted octanol–water partition coefficient (Wildman–Crippen LogP) is 2.39. The number of nitrogens with one attached hydrogen (secondary N) is 2. The van der Waals surface area contributed by atoms with E-state index in [2.05, 4.69) is 65.8 Å². The standard InChI is InChI=1S/C22H33N7O.HI/c1-17(18-9-7-6-8-10-18)26-22(2,3)16-24-21(23-4)28-11-12-29(20(30)15-28)19-13-25-27(5)14-19;/h6-10,13-14,17,26H,11-12,15-16H2,1-5H3,(H,23,24);1H. The van der Waals surface area contributed by atoms with Crippen molar-refractivity contribution in [2.45, 2.75) is 32.4 Å². The van der Waals surface area contributed by atoms with Gasteiger partial charge in [0.1, 0.15) is 6.54 Å². The van der Waals surface area contributed by atoms with Gasteiger partial charge in [0.2, 0.25) is 5.91 Å². The molecule has 1 aromatic carbocycles. The third kappa shape index (κ3) is 6.67. The highest BCUT2D eigenvalue weighted by molar-refractivity contribution is 14.0. The molecule has 1 amide bonds. The summed E-state index contributed by atoms with van der Waals surface area (Å²) in [7, 11) is 3.61. The van der Waals surface area contributed by atoms with Gasteiger partial charge in [-0.3, -0.25) is 14.5 Å². The zero-order chi connectivity index (χ0) is 21.7. The number of halogens is 1. The molecule has 1 aliphatic heterocycles. The van der Waals surface area contributed by atoms with E-state index >= 15 is 0 Å². The number of aryl methyl sites for hydroxylation is 1. The zero-order valence-electron chi connectivity index (χ0n) is 19.0. The highest BCUT2D eigenvalue weighted by Crippen LogP contribution is 2.17. The van der Waals surface area contributed by atoms with Crippen LogP contribution in [0.3, 0.4) is 0 Å².